The predicted octanol–water partition coefficient (Wildman–Crippen LogP) is -0.754. The Morgan fingerprint density at radius 2 is 2.11 bits per heavy atom. The lowest BCUT2D eigenvalue weighted by atomic mass is 10.1. The van der Waals surface area contributed by atoms with Gasteiger partial charge in [0.2, 0.25) is 0 Å². The number of aliphatic hydroxyl groups is 3. The molecule has 0 aliphatic carbocycles. The van der Waals surface area contributed by atoms with E-state index in [-0.39, 0.29) is 12.3 Å². The van der Waals surface area contributed by atoms with Crippen molar-refractivity contribution in [2.24, 2.45) is 0 Å². The number of nitrogens with one attached hydrogen (secondary N) is 1. The van der Waals surface area contributed by atoms with E-state index in [1.807, 2.05) is 0 Å². The van der Waals surface area contributed by atoms with Crippen molar-refractivity contribution in [1.82, 2.24) is 5.32 Å². The van der Waals surface area contributed by atoms with E-state index < -0.39 is 31.1 Å². The molecule has 6 nitrogen and oxygen atoms in total. The average Bonchev–Trinajstić information content (AvgIpc) is 2.80. The molecule has 1 aromatic carbocycles. The van der Waals surface area contributed by atoms with Crippen LogP contribution in [0.5, 0.6) is 0 Å². The van der Waals surface area contributed by atoms with Crippen LogP contribution in [0.3, 0.4) is 0 Å². The van der Waals surface area contributed by atoms with Crippen molar-refractivity contribution < 1.29 is 24.9 Å². The van der Waals surface area contributed by atoms with Gasteiger partial charge in [-0.2, -0.15) is 0 Å². The number of rotatable bonds is 4. The first-order valence-corrected chi connectivity index (χ1v) is 6.10. The monoisotopic (exact) mass is 267 g/mol. The molecule has 1 heterocycles. The summed E-state index contributed by atoms with van der Waals surface area (Å²) in [5, 5.41) is 30.6. The standard InChI is InChI=1S/C13H17NO5/c15-7-10(16)11-6-9(13(18)19-11)14-12(17)8-4-2-1-3-5-8/h1-5,9-11,13,15-16,18H,6-7H2,(H,14,17)/t9-,10-,11+,13-/m1/s1. The summed E-state index contributed by atoms with van der Waals surface area (Å²) in [6, 6.07) is 8.02. The normalized spacial score (nSPS) is 28.1. The second kappa shape index (κ2) is 6.12. The molecule has 0 unspecified atom stereocenters. The fourth-order valence-electron chi connectivity index (χ4n) is 2.03. The molecule has 19 heavy (non-hydrogen) atoms. The quantitative estimate of drug-likeness (QED) is 0.575. The van der Waals surface area contributed by atoms with E-state index in [1.54, 1.807) is 30.3 Å². The summed E-state index contributed by atoms with van der Waals surface area (Å²) in [4.78, 5) is 11.9. The molecule has 1 saturated heterocycles. The van der Waals surface area contributed by atoms with Gasteiger partial charge in [0.05, 0.1) is 18.8 Å². The summed E-state index contributed by atoms with van der Waals surface area (Å²) in [6.45, 7) is -0.448. The molecule has 0 radical (unpaired) electrons. The first-order chi connectivity index (χ1) is 9.11. The van der Waals surface area contributed by atoms with Crippen molar-refractivity contribution in [1.29, 1.82) is 0 Å². The van der Waals surface area contributed by atoms with Gasteiger partial charge in [0.1, 0.15) is 6.10 Å². The van der Waals surface area contributed by atoms with Crippen LogP contribution in [-0.4, -0.2) is 52.4 Å². The number of ether oxygens (including phenoxy) is 1. The number of hydrogen-bond acceptors (Lipinski definition) is 5. The lowest BCUT2D eigenvalue weighted by Gasteiger charge is -2.14. The minimum Gasteiger partial charge on any atom is -0.394 e. The summed E-state index contributed by atoms with van der Waals surface area (Å²) in [6.07, 6.45) is -2.67. The third kappa shape index (κ3) is 3.30. The minimum absolute atomic E-state index is 0.251. The topological polar surface area (TPSA) is 99.0 Å². The Morgan fingerprint density at radius 1 is 1.42 bits per heavy atom. The van der Waals surface area contributed by atoms with Gasteiger partial charge in [-0.3, -0.25) is 4.79 Å². The Kier molecular flexibility index (Phi) is 4.49. The Hall–Kier alpha value is -1.47. The number of benzene rings is 1. The summed E-state index contributed by atoms with van der Waals surface area (Å²) >= 11 is 0. The van der Waals surface area contributed by atoms with Crippen LogP contribution in [0.4, 0.5) is 0 Å². The van der Waals surface area contributed by atoms with Crippen LogP contribution >= 0.6 is 0 Å². The van der Waals surface area contributed by atoms with E-state index in [9.17, 15) is 15.0 Å². The van der Waals surface area contributed by atoms with Crippen molar-refractivity contribution in [2.45, 2.75) is 31.0 Å². The molecule has 1 amide bonds. The average molecular weight is 267 g/mol. The number of amides is 1. The van der Waals surface area contributed by atoms with E-state index >= 15 is 0 Å². The molecule has 1 fully saturated rings. The SMILES string of the molecule is O=C(N[C@@H]1C[C@@H]([C@H](O)CO)O[C@H]1O)c1ccccc1. The highest BCUT2D eigenvalue weighted by molar-refractivity contribution is 5.94. The molecule has 1 aliphatic rings. The highest BCUT2D eigenvalue weighted by atomic mass is 16.6. The Bertz CT molecular complexity index is 424. The molecule has 0 aromatic heterocycles. The van der Waals surface area contributed by atoms with E-state index in [0.717, 1.165) is 0 Å². The summed E-state index contributed by atoms with van der Waals surface area (Å²) in [5.41, 5.74) is 0.487. The number of carbonyl (C=O) groups excluding carboxylic acids is 1. The van der Waals surface area contributed by atoms with Gasteiger partial charge in [-0.1, -0.05) is 18.2 Å². The van der Waals surface area contributed by atoms with Gasteiger partial charge in [0.15, 0.2) is 6.29 Å². The fourth-order valence-corrected chi connectivity index (χ4v) is 2.03. The highest BCUT2D eigenvalue weighted by Crippen LogP contribution is 2.21. The van der Waals surface area contributed by atoms with Gasteiger partial charge in [0, 0.05) is 12.0 Å². The smallest absolute Gasteiger partial charge is 0.251 e. The zero-order valence-corrected chi connectivity index (χ0v) is 10.3. The third-order valence-corrected chi connectivity index (χ3v) is 3.11. The van der Waals surface area contributed by atoms with Gasteiger partial charge < -0.3 is 25.4 Å². The number of carbonyl (C=O) groups is 1. The predicted molar refractivity (Wildman–Crippen MR) is 66.3 cm³/mol. The summed E-state index contributed by atoms with van der Waals surface area (Å²) in [5.74, 6) is -0.313. The molecule has 0 bridgehead atoms. The van der Waals surface area contributed by atoms with Gasteiger partial charge in [0.25, 0.3) is 5.91 Å². The van der Waals surface area contributed by atoms with Crippen molar-refractivity contribution in [3.05, 3.63) is 35.9 Å². The second-order valence-corrected chi connectivity index (χ2v) is 4.50. The van der Waals surface area contributed by atoms with Crippen LogP contribution in [0.25, 0.3) is 0 Å². The van der Waals surface area contributed by atoms with Crippen molar-refractivity contribution >= 4 is 5.91 Å². The molecule has 1 aliphatic heterocycles. The van der Waals surface area contributed by atoms with Gasteiger partial charge >= 0.3 is 0 Å². The maximum absolute atomic E-state index is 11.9. The van der Waals surface area contributed by atoms with Crippen molar-refractivity contribution in [3.8, 4) is 0 Å². The van der Waals surface area contributed by atoms with Gasteiger partial charge in [-0.15, -0.1) is 0 Å². The molecule has 0 saturated carbocycles. The van der Waals surface area contributed by atoms with E-state index in [1.165, 1.54) is 0 Å². The van der Waals surface area contributed by atoms with E-state index in [2.05, 4.69) is 5.32 Å². The summed E-state index contributed by atoms with van der Waals surface area (Å²) in [7, 11) is 0. The van der Waals surface area contributed by atoms with Crippen LogP contribution in [0, 0.1) is 0 Å². The molecule has 104 valence electrons. The largest absolute Gasteiger partial charge is 0.394 e. The lowest BCUT2D eigenvalue weighted by molar-refractivity contribution is -0.132. The fraction of sp³-hybridized carbons (Fsp3) is 0.462. The van der Waals surface area contributed by atoms with Crippen LogP contribution < -0.4 is 5.32 Å². The Labute approximate surface area is 110 Å². The molecule has 0 spiro atoms. The molecule has 4 N–H and O–H groups in total. The Morgan fingerprint density at radius 3 is 2.74 bits per heavy atom. The molecule has 6 heteroatoms. The highest BCUT2D eigenvalue weighted by Gasteiger charge is 2.38. The molecule has 4 atom stereocenters. The maximum Gasteiger partial charge on any atom is 0.251 e. The van der Waals surface area contributed by atoms with Crippen LogP contribution in [0.2, 0.25) is 0 Å². The lowest BCUT2D eigenvalue weighted by Crippen LogP contribution is -2.40. The van der Waals surface area contributed by atoms with Gasteiger partial charge in [-0.25, -0.2) is 0 Å². The molecular weight excluding hydrogens is 250 g/mol. The molecular formula is C13H17NO5. The van der Waals surface area contributed by atoms with E-state index in [0.29, 0.717) is 5.56 Å². The van der Waals surface area contributed by atoms with Crippen LogP contribution in [0.1, 0.15) is 16.8 Å². The number of hydrogen-bond donors (Lipinski definition) is 4. The molecule has 1 aromatic rings. The Balaban J connectivity index is 1.95. The van der Waals surface area contributed by atoms with Crippen LogP contribution in [-0.2, 0) is 4.74 Å². The van der Waals surface area contributed by atoms with Crippen LogP contribution in [0.15, 0.2) is 30.3 Å². The third-order valence-electron chi connectivity index (χ3n) is 3.11. The van der Waals surface area contributed by atoms with Crippen molar-refractivity contribution in [2.75, 3.05) is 6.61 Å². The summed E-state index contributed by atoms with van der Waals surface area (Å²) < 4.78 is 5.09. The van der Waals surface area contributed by atoms with Gasteiger partial charge in [-0.05, 0) is 12.1 Å². The second-order valence-electron chi connectivity index (χ2n) is 4.50. The molecule has 2 rings (SSSR count). The first kappa shape index (κ1) is 14.0. The maximum atomic E-state index is 11.9. The van der Waals surface area contributed by atoms with Crippen molar-refractivity contribution in [3.63, 3.8) is 0 Å². The first-order valence-electron chi connectivity index (χ1n) is 6.10. The van der Waals surface area contributed by atoms with E-state index in [4.69, 9.17) is 9.84 Å². The number of aliphatic hydroxyl groups excluding tert-OH is 3. The zero-order valence-electron chi connectivity index (χ0n) is 10.3. The minimum atomic E-state index is -1.18. The zero-order chi connectivity index (χ0) is 13.8.